The Hall–Kier alpha value is -3.97. The number of amides is 1. The van der Waals surface area contributed by atoms with E-state index in [2.05, 4.69) is 4.98 Å². The van der Waals surface area contributed by atoms with Crippen LogP contribution in [-0.2, 0) is 6.54 Å². The zero-order chi connectivity index (χ0) is 23.8. The third kappa shape index (κ3) is 4.08. The standard InChI is InChI=1S/C27H23ClN6O/c28-20-11-12-22(29-17-20)23-13-16-32(31-23)18-21-9-6-15-33(21)27(35)26-25(19-7-2-1-3-8-19)30-24-10-4-5-14-34(24)26/h1-5,7-8,10-14,16-17,21H,6,9,15,18H2/t21-/m0/s1. The maximum atomic E-state index is 14.0. The van der Waals surface area contributed by atoms with Gasteiger partial charge in [-0.2, -0.15) is 5.10 Å². The number of pyridine rings is 2. The van der Waals surface area contributed by atoms with Crippen molar-refractivity contribution in [3.05, 3.63) is 96.0 Å². The number of carbonyl (C=O) groups is 1. The molecule has 174 valence electrons. The Morgan fingerprint density at radius 3 is 2.66 bits per heavy atom. The molecule has 5 aromatic rings. The minimum Gasteiger partial charge on any atom is -0.332 e. The number of benzene rings is 1. The van der Waals surface area contributed by atoms with E-state index in [1.165, 1.54) is 0 Å². The van der Waals surface area contributed by atoms with Crippen LogP contribution in [0.25, 0.3) is 28.3 Å². The van der Waals surface area contributed by atoms with Gasteiger partial charge < -0.3 is 4.90 Å². The van der Waals surface area contributed by atoms with E-state index in [-0.39, 0.29) is 11.9 Å². The summed E-state index contributed by atoms with van der Waals surface area (Å²) in [5.41, 5.74) is 4.56. The fourth-order valence-corrected chi connectivity index (χ4v) is 4.88. The Morgan fingerprint density at radius 2 is 1.83 bits per heavy atom. The van der Waals surface area contributed by atoms with E-state index < -0.39 is 0 Å². The first-order valence-corrected chi connectivity index (χ1v) is 12.0. The van der Waals surface area contributed by atoms with Crippen molar-refractivity contribution in [3.8, 4) is 22.6 Å². The second-order valence-electron chi connectivity index (χ2n) is 8.68. The van der Waals surface area contributed by atoms with Crippen molar-refractivity contribution in [3.63, 3.8) is 0 Å². The van der Waals surface area contributed by atoms with Gasteiger partial charge >= 0.3 is 0 Å². The Morgan fingerprint density at radius 1 is 0.971 bits per heavy atom. The molecule has 1 fully saturated rings. The Balaban J connectivity index is 1.30. The zero-order valence-electron chi connectivity index (χ0n) is 19.0. The number of fused-ring (bicyclic) bond motifs is 1. The molecule has 4 aromatic heterocycles. The number of imidazole rings is 1. The normalized spacial score (nSPS) is 15.7. The molecule has 0 radical (unpaired) electrons. The van der Waals surface area contributed by atoms with E-state index in [0.717, 1.165) is 35.4 Å². The second-order valence-corrected chi connectivity index (χ2v) is 9.12. The number of halogens is 1. The predicted octanol–water partition coefficient (Wildman–Crippen LogP) is 5.22. The fourth-order valence-electron chi connectivity index (χ4n) is 4.77. The summed E-state index contributed by atoms with van der Waals surface area (Å²) in [6, 6.07) is 21.3. The second kappa shape index (κ2) is 9.00. The van der Waals surface area contributed by atoms with Crippen LogP contribution in [0.4, 0.5) is 0 Å². The van der Waals surface area contributed by atoms with Crippen molar-refractivity contribution in [1.29, 1.82) is 0 Å². The SMILES string of the molecule is O=C(c1c(-c2ccccc2)nc2ccccn12)N1CCC[C@H]1Cn1ccc(-c2ccc(Cl)cn2)n1. The molecule has 1 atom stereocenters. The molecule has 5 heterocycles. The highest BCUT2D eigenvalue weighted by atomic mass is 35.5. The minimum absolute atomic E-state index is 0.00296. The molecule has 8 heteroatoms. The molecule has 1 amide bonds. The lowest BCUT2D eigenvalue weighted by Crippen LogP contribution is -2.39. The molecule has 0 spiro atoms. The highest BCUT2D eigenvalue weighted by Gasteiger charge is 2.33. The first kappa shape index (κ1) is 21.6. The summed E-state index contributed by atoms with van der Waals surface area (Å²) in [6.07, 6.45) is 7.36. The molecule has 1 aliphatic heterocycles. The smallest absolute Gasteiger partial charge is 0.273 e. The minimum atomic E-state index is -0.00296. The monoisotopic (exact) mass is 482 g/mol. The molecule has 0 N–H and O–H groups in total. The number of rotatable bonds is 5. The van der Waals surface area contributed by atoms with Gasteiger partial charge in [0.2, 0.25) is 0 Å². The predicted molar refractivity (Wildman–Crippen MR) is 135 cm³/mol. The summed E-state index contributed by atoms with van der Waals surface area (Å²) >= 11 is 5.96. The van der Waals surface area contributed by atoms with Crippen LogP contribution in [0.15, 0.2) is 85.3 Å². The third-order valence-electron chi connectivity index (χ3n) is 6.45. The van der Waals surface area contributed by atoms with Crippen molar-refractivity contribution in [2.45, 2.75) is 25.4 Å². The molecule has 7 nitrogen and oxygen atoms in total. The van der Waals surface area contributed by atoms with E-state index in [9.17, 15) is 4.79 Å². The van der Waals surface area contributed by atoms with Crippen LogP contribution < -0.4 is 0 Å². The average molecular weight is 483 g/mol. The van der Waals surface area contributed by atoms with E-state index in [1.807, 2.05) is 87.0 Å². The van der Waals surface area contributed by atoms with Gasteiger partial charge in [-0.15, -0.1) is 0 Å². The topological polar surface area (TPSA) is 68.3 Å². The van der Waals surface area contributed by atoms with Crippen molar-refractivity contribution >= 4 is 23.2 Å². The molecule has 1 saturated heterocycles. The lowest BCUT2D eigenvalue weighted by molar-refractivity contribution is 0.0715. The maximum Gasteiger partial charge on any atom is 0.273 e. The molecule has 0 unspecified atom stereocenters. The summed E-state index contributed by atoms with van der Waals surface area (Å²) < 4.78 is 3.80. The number of hydrogen-bond acceptors (Lipinski definition) is 4. The summed E-state index contributed by atoms with van der Waals surface area (Å²) in [5, 5.41) is 5.29. The molecule has 6 rings (SSSR count). The van der Waals surface area contributed by atoms with Crippen LogP contribution in [0.3, 0.4) is 0 Å². The third-order valence-corrected chi connectivity index (χ3v) is 6.67. The van der Waals surface area contributed by atoms with Gasteiger partial charge in [-0.3, -0.25) is 18.9 Å². The molecular weight excluding hydrogens is 460 g/mol. The van der Waals surface area contributed by atoms with Crippen LogP contribution in [0.5, 0.6) is 0 Å². The van der Waals surface area contributed by atoms with E-state index >= 15 is 0 Å². The number of aromatic nitrogens is 5. The van der Waals surface area contributed by atoms with Gasteiger partial charge in [0.15, 0.2) is 0 Å². The fraction of sp³-hybridized carbons (Fsp3) is 0.185. The zero-order valence-corrected chi connectivity index (χ0v) is 19.7. The largest absolute Gasteiger partial charge is 0.332 e. The molecule has 0 aliphatic carbocycles. The van der Waals surface area contributed by atoms with Gasteiger partial charge in [-0.05, 0) is 43.2 Å². The van der Waals surface area contributed by atoms with Crippen LogP contribution >= 0.6 is 11.6 Å². The van der Waals surface area contributed by atoms with E-state index in [4.69, 9.17) is 21.7 Å². The summed E-state index contributed by atoms with van der Waals surface area (Å²) in [7, 11) is 0. The first-order valence-electron chi connectivity index (χ1n) is 11.7. The van der Waals surface area contributed by atoms with Gasteiger partial charge in [0.25, 0.3) is 5.91 Å². The molecule has 0 bridgehead atoms. The summed E-state index contributed by atoms with van der Waals surface area (Å²) in [5.74, 6) is -0.00296. The Bertz CT molecular complexity index is 1490. The van der Waals surface area contributed by atoms with Crippen molar-refractivity contribution in [2.75, 3.05) is 6.54 Å². The lowest BCUT2D eigenvalue weighted by Gasteiger charge is -2.25. The van der Waals surface area contributed by atoms with Gasteiger partial charge in [0, 0.05) is 30.7 Å². The van der Waals surface area contributed by atoms with Crippen LogP contribution in [0.2, 0.25) is 5.02 Å². The molecule has 1 aromatic carbocycles. The Kier molecular flexibility index (Phi) is 5.54. The molecule has 1 aliphatic rings. The van der Waals surface area contributed by atoms with Crippen molar-refractivity contribution in [2.24, 2.45) is 0 Å². The molecule has 35 heavy (non-hydrogen) atoms. The van der Waals surface area contributed by atoms with E-state index in [1.54, 1.807) is 12.3 Å². The lowest BCUT2D eigenvalue weighted by atomic mass is 10.1. The van der Waals surface area contributed by atoms with Crippen LogP contribution in [0, 0.1) is 0 Å². The number of likely N-dealkylation sites (tertiary alicyclic amines) is 1. The van der Waals surface area contributed by atoms with Crippen molar-refractivity contribution < 1.29 is 4.79 Å². The van der Waals surface area contributed by atoms with Gasteiger partial charge in [0.1, 0.15) is 22.7 Å². The Labute approximate surface area is 207 Å². The summed E-state index contributed by atoms with van der Waals surface area (Å²) in [4.78, 5) is 25.1. The molecule has 0 saturated carbocycles. The van der Waals surface area contributed by atoms with Crippen LogP contribution in [0.1, 0.15) is 23.3 Å². The quantitative estimate of drug-likeness (QED) is 0.344. The van der Waals surface area contributed by atoms with Gasteiger partial charge in [-0.25, -0.2) is 4.98 Å². The highest BCUT2D eigenvalue weighted by Crippen LogP contribution is 2.29. The van der Waals surface area contributed by atoms with Gasteiger partial charge in [-0.1, -0.05) is 48.0 Å². The number of carbonyl (C=O) groups excluding carboxylic acids is 1. The van der Waals surface area contributed by atoms with E-state index in [0.29, 0.717) is 29.5 Å². The average Bonchev–Trinajstić information content (AvgIpc) is 3.63. The van der Waals surface area contributed by atoms with Crippen LogP contribution in [-0.4, -0.2) is 47.5 Å². The maximum absolute atomic E-state index is 14.0. The number of hydrogen-bond donors (Lipinski definition) is 0. The number of nitrogens with zero attached hydrogens (tertiary/aromatic N) is 6. The first-order chi connectivity index (χ1) is 17.2. The van der Waals surface area contributed by atoms with Gasteiger partial charge in [0.05, 0.1) is 23.3 Å². The molecular formula is C27H23ClN6O. The van der Waals surface area contributed by atoms with Crippen molar-refractivity contribution in [1.82, 2.24) is 29.0 Å². The highest BCUT2D eigenvalue weighted by molar-refractivity contribution is 6.30. The summed E-state index contributed by atoms with van der Waals surface area (Å²) in [6.45, 7) is 1.33.